The predicted molar refractivity (Wildman–Crippen MR) is 145 cm³/mol. The van der Waals surface area contributed by atoms with Gasteiger partial charge in [0.1, 0.15) is 0 Å². The average Bonchev–Trinajstić information content (AvgIpc) is 2.96. The van der Waals surface area contributed by atoms with Crippen LogP contribution in [0.25, 0.3) is 0 Å². The van der Waals surface area contributed by atoms with Crippen LogP contribution < -0.4 is 10.0 Å². The number of hydrogen-bond donors (Lipinski definition) is 0. The second kappa shape index (κ2) is 11.3. The van der Waals surface area contributed by atoms with E-state index in [2.05, 4.69) is 9.97 Å². The molecule has 0 aliphatic carbocycles. The van der Waals surface area contributed by atoms with Crippen molar-refractivity contribution in [2.24, 2.45) is 10.2 Å². The van der Waals surface area contributed by atoms with Gasteiger partial charge in [-0.05, 0) is 60.7 Å². The minimum Gasteiger partial charge on any atom is -0.255 e. The number of nitrogens with zero attached hydrogens (tertiary/aromatic N) is 7. The third-order valence-electron chi connectivity index (χ3n) is 5.14. The lowest BCUT2D eigenvalue weighted by atomic mass is 10.3. The second-order valence-electron chi connectivity index (χ2n) is 7.65. The van der Waals surface area contributed by atoms with E-state index < -0.39 is 0 Å². The molecule has 0 N–H and O–H groups in total. The Bertz CT molecular complexity index is 1320. The van der Waals surface area contributed by atoms with Gasteiger partial charge in [0.2, 0.25) is 0 Å². The molecule has 0 aliphatic rings. The number of hydrogen-bond acceptors (Lipinski definition) is 7. The van der Waals surface area contributed by atoms with Crippen molar-refractivity contribution in [3.8, 4) is 0 Å². The Morgan fingerprint density at radius 3 is 1.33 bits per heavy atom. The number of para-hydroxylation sites is 2. The standard InChI is InChI=1S/C29H23N7/c1-3-14-26(15-4-1)35(32-22-24-12-7-9-20-30-24)28-18-11-19-29(34-28)36(27-16-5-2-6-17-27)33-23-25-13-8-10-21-31-25/h1-23H/b32-22+,33-23+. The Balaban J connectivity index is 1.54. The first-order valence-corrected chi connectivity index (χ1v) is 11.4. The summed E-state index contributed by atoms with van der Waals surface area (Å²) in [6.07, 6.45) is 6.92. The van der Waals surface area contributed by atoms with Crippen molar-refractivity contribution < 1.29 is 0 Å². The van der Waals surface area contributed by atoms with Crippen LogP contribution in [0.4, 0.5) is 23.0 Å². The lowest BCUT2D eigenvalue weighted by molar-refractivity contribution is 0.996. The zero-order valence-corrected chi connectivity index (χ0v) is 19.4. The van der Waals surface area contributed by atoms with Crippen LogP contribution in [0.5, 0.6) is 0 Å². The van der Waals surface area contributed by atoms with Crippen molar-refractivity contribution in [3.05, 3.63) is 139 Å². The summed E-state index contributed by atoms with van der Waals surface area (Å²) in [4.78, 5) is 13.6. The quantitative estimate of drug-likeness (QED) is 0.199. The molecule has 174 valence electrons. The summed E-state index contributed by atoms with van der Waals surface area (Å²) in [5.41, 5.74) is 3.25. The van der Waals surface area contributed by atoms with Crippen LogP contribution in [0.1, 0.15) is 11.4 Å². The molecule has 0 unspecified atom stereocenters. The molecule has 2 aromatic carbocycles. The number of aromatic nitrogens is 3. The fourth-order valence-corrected chi connectivity index (χ4v) is 3.44. The molecule has 0 radical (unpaired) electrons. The first-order chi connectivity index (χ1) is 17.9. The third-order valence-corrected chi connectivity index (χ3v) is 5.14. The predicted octanol–water partition coefficient (Wildman–Crippen LogP) is 6.22. The van der Waals surface area contributed by atoms with Crippen molar-refractivity contribution in [1.82, 2.24) is 15.0 Å². The maximum atomic E-state index is 4.93. The third kappa shape index (κ3) is 5.66. The highest BCUT2D eigenvalue weighted by Gasteiger charge is 2.14. The van der Waals surface area contributed by atoms with Gasteiger partial charge in [0, 0.05) is 12.4 Å². The summed E-state index contributed by atoms with van der Waals surface area (Å²) >= 11 is 0. The minimum atomic E-state index is 0.639. The van der Waals surface area contributed by atoms with Crippen LogP contribution in [0, 0.1) is 0 Å². The molecule has 3 aromatic heterocycles. The van der Waals surface area contributed by atoms with Crippen molar-refractivity contribution in [2.45, 2.75) is 0 Å². The van der Waals surface area contributed by atoms with E-state index in [0.29, 0.717) is 11.6 Å². The van der Waals surface area contributed by atoms with Gasteiger partial charge in [0.05, 0.1) is 35.2 Å². The average molecular weight is 470 g/mol. The molecule has 5 rings (SSSR count). The summed E-state index contributed by atoms with van der Waals surface area (Å²) < 4.78 is 0. The fraction of sp³-hybridized carbons (Fsp3) is 0. The smallest absolute Gasteiger partial charge is 0.156 e. The number of anilines is 4. The Labute approximate surface area is 209 Å². The molecular formula is C29H23N7. The molecule has 0 spiro atoms. The SMILES string of the molecule is C(=N\N(c1ccccc1)c1cccc(N(/N=C/c2ccccn2)c2ccccc2)n1)/c1ccccn1. The van der Waals surface area contributed by atoms with Crippen LogP contribution in [0.3, 0.4) is 0 Å². The van der Waals surface area contributed by atoms with Crippen LogP contribution in [-0.2, 0) is 0 Å². The second-order valence-corrected chi connectivity index (χ2v) is 7.65. The molecule has 7 nitrogen and oxygen atoms in total. The van der Waals surface area contributed by atoms with Gasteiger partial charge in [-0.2, -0.15) is 10.2 Å². The molecule has 3 heterocycles. The zero-order valence-electron chi connectivity index (χ0n) is 19.4. The monoisotopic (exact) mass is 469 g/mol. The first-order valence-electron chi connectivity index (χ1n) is 11.4. The summed E-state index contributed by atoms with van der Waals surface area (Å²) in [5.74, 6) is 1.28. The summed E-state index contributed by atoms with van der Waals surface area (Å²) in [7, 11) is 0. The van der Waals surface area contributed by atoms with E-state index in [-0.39, 0.29) is 0 Å². The Kier molecular flexibility index (Phi) is 7.10. The molecule has 0 aliphatic heterocycles. The van der Waals surface area contributed by atoms with Gasteiger partial charge in [0.25, 0.3) is 0 Å². The highest BCUT2D eigenvalue weighted by Crippen LogP contribution is 2.29. The number of pyridine rings is 3. The van der Waals surface area contributed by atoms with Gasteiger partial charge >= 0.3 is 0 Å². The molecule has 0 saturated heterocycles. The van der Waals surface area contributed by atoms with Crippen molar-refractivity contribution >= 4 is 35.4 Å². The lowest BCUT2D eigenvalue weighted by Gasteiger charge is -2.22. The molecule has 0 amide bonds. The van der Waals surface area contributed by atoms with Gasteiger partial charge in [-0.25, -0.2) is 15.0 Å². The molecule has 36 heavy (non-hydrogen) atoms. The van der Waals surface area contributed by atoms with Gasteiger partial charge in [-0.1, -0.05) is 54.6 Å². The highest BCUT2D eigenvalue weighted by molar-refractivity contribution is 5.80. The van der Waals surface area contributed by atoms with E-state index in [1.165, 1.54) is 0 Å². The minimum absolute atomic E-state index is 0.639. The van der Waals surface area contributed by atoms with E-state index >= 15 is 0 Å². The molecule has 7 heteroatoms. The van der Waals surface area contributed by atoms with E-state index in [9.17, 15) is 0 Å². The van der Waals surface area contributed by atoms with Crippen LogP contribution in [0.2, 0.25) is 0 Å². The molecular weight excluding hydrogens is 446 g/mol. The highest BCUT2D eigenvalue weighted by atomic mass is 15.5. The lowest BCUT2D eigenvalue weighted by Crippen LogP contribution is -2.15. The maximum Gasteiger partial charge on any atom is 0.156 e. The summed E-state index contributed by atoms with van der Waals surface area (Å²) in [6, 6.07) is 36.9. The Hall–Kier alpha value is -5.17. The van der Waals surface area contributed by atoms with Gasteiger partial charge in [0.15, 0.2) is 11.6 Å². The van der Waals surface area contributed by atoms with E-state index in [0.717, 1.165) is 22.8 Å². The number of hydrazone groups is 2. The largest absolute Gasteiger partial charge is 0.255 e. The number of rotatable bonds is 8. The zero-order chi connectivity index (χ0) is 24.4. The van der Waals surface area contributed by atoms with Crippen LogP contribution in [0.15, 0.2) is 138 Å². The van der Waals surface area contributed by atoms with Crippen LogP contribution >= 0.6 is 0 Å². The molecule has 0 fully saturated rings. The number of benzene rings is 2. The maximum absolute atomic E-state index is 4.93. The van der Waals surface area contributed by atoms with Crippen molar-refractivity contribution in [1.29, 1.82) is 0 Å². The van der Waals surface area contributed by atoms with Gasteiger partial charge in [-0.15, -0.1) is 0 Å². The molecule has 0 saturated carbocycles. The van der Waals surface area contributed by atoms with E-state index in [1.54, 1.807) is 34.8 Å². The topological polar surface area (TPSA) is 69.9 Å². The van der Waals surface area contributed by atoms with Gasteiger partial charge < -0.3 is 0 Å². The Morgan fingerprint density at radius 1 is 0.472 bits per heavy atom. The molecule has 0 bridgehead atoms. The fourth-order valence-electron chi connectivity index (χ4n) is 3.44. The van der Waals surface area contributed by atoms with Gasteiger partial charge in [-0.3, -0.25) is 9.97 Å². The molecule has 0 atom stereocenters. The first kappa shape index (κ1) is 22.6. The molecule has 5 aromatic rings. The summed E-state index contributed by atoms with van der Waals surface area (Å²) in [5, 5.41) is 13.0. The Morgan fingerprint density at radius 2 is 0.917 bits per heavy atom. The van der Waals surface area contributed by atoms with E-state index in [1.807, 2.05) is 115 Å². The van der Waals surface area contributed by atoms with Crippen LogP contribution in [-0.4, -0.2) is 27.4 Å². The van der Waals surface area contributed by atoms with Crippen molar-refractivity contribution in [2.75, 3.05) is 10.0 Å². The normalized spacial score (nSPS) is 11.1. The summed E-state index contributed by atoms with van der Waals surface area (Å²) in [6.45, 7) is 0. The van der Waals surface area contributed by atoms with Crippen molar-refractivity contribution in [3.63, 3.8) is 0 Å². The van der Waals surface area contributed by atoms with E-state index in [4.69, 9.17) is 15.2 Å².